The molecule has 0 saturated carbocycles. The van der Waals surface area contributed by atoms with Crippen LogP contribution in [0.5, 0.6) is 0 Å². The smallest absolute Gasteiger partial charge is 0.147 e. The van der Waals surface area contributed by atoms with Crippen molar-refractivity contribution in [2.24, 2.45) is 5.92 Å². The van der Waals surface area contributed by atoms with Gasteiger partial charge >= 0.3 is 0 Å². The highest BCUT2D eigenvalue weighted by molar-refractivity contribution is 5.35. The van der Waals surface area contributed by atoms with Crippen molar-refractivity contribution in [1.82, 2.24) is 15.3 Å². The van der Waals surface area contributed by atoms with Gasteiger partial charge in [-0.25, -0.2) is 4.98 Å². The first kappa shape index (κ1) is 15.2. The van der Waals surface area contributed by atoms with Gasteiger partial charge in [0, 0.05) is 45.6 Å². The molecule has 2 heterocycles. The van der Waals surface area contributed by atoms with Gasteiger partial charge in [-0.05, 0) is 18.8 Å². The van der Waals surface area contributed by atoms with E-state index in [-0.39, 0.29) is 0 Å². The summed E-state index contributed by atoms with van der Waals surface area (Å²) in [5.74, 6) is 1.66. The molecule has 20 heavy (non-hydrogen) atoms. The van der Waals surface area contributed by atoms with Gasteiger partial charge in [-0.2, -0.15) is 0 Å². The minimum Gasteiger partial charge on any atom is -0.381 e. The molecule has 5 nitrogen and oxygen atoms in total. The predicted octanol–water partition coefficient (Wildman–Crippen LogP) is 1.84. The summed E-state index contributed by atoms with van der Waals surface area (Å²) in [5, 5.41) is 3.37. The van der Waals surface area contributed by atoms with E-state index < -0.39 is 0 Å². The fourth-order valence-electron chi connectivity index (χ4n) is 2.38. The first-order valence-corrected chi connectivity index (χ1v) is 7.48. The maximum atomic E-state index is 5.41. The Morgan fingerprint density at radius 2 is 2.10 bits per heavy atom. The van der Waals surface area contributed by atoms with Gasteiger partial charge in [-0.1, -0.05) is 13.8 Å². The molecule has 1 saturated heterocycles. The van der Waals surface area contributed by atoms with E-state index in [0.29, 0.717) is 12.0 Å². The number of rotatable bonds is 6. The highest BCUT2D eigenvalue weighted by Crippen LogP contribution is 2.18. The molecule has 0 aromatic carbocycles. The van der Waals surface area contributed by atoms with Gasteiger partial charge in [0.05, 0.1) is 11.9 Å². The monoisotopic (exact) mass is 278 g/mol. The lowest BCUT2D eigenvalue weighted by molar-refractivity contribution is 0.0685. The van der Waals surface area contributed by atoms with Crippen molar-refractivity contribution in [1.29, 1.82) is 0 Å². The summed E-state index contributed by atoms with van der Waals surface area (Å²) < 4.78 is 5.41. The molecule has 0 spiro atoms. The number of nitrogens with zero attached hydrogens (tertiary/aromatic N) is 3. The second-order valence-corrected chi connectivity index (χ2v) is 5.84. The zero-order valence-corrected chi connectivity index (χ0v) is 12.8. The van der Waals surface area contributed by atoms with Crippen molar-refractivity contribution in [3.05, 3.63) is 18.1 Å². The number of ether oxygens (including phenoxy) is 1. The van der Waals surface area contributed by atoms with Crippen LogP contribution in [0.2, 0.25) is 0 Å². The van der Waals surface area contributed by atoms with E-state index >= 15 is 0 Å². The zero-order chi connectivity index (χ0) is 14.4. The molecule has 1 fully saturated rings. The summed E-state index contributed by atoms with van der Waals surface area (Å²) in [5.41, 5.74) is 0.995. The van der Waals surface area contributed by atoms with Crippen LogP contribution >= 0.6 is 0 Å². The van der Waals surface area contributed by atoms with Crippen LogP contribution < -0.4 is 10.2 Å². The summed E-state index contributed by atoms with van der Waals surface area (Å²) >= 11 is 0. The first-order chi connectivity index (χ1) is 9.65. The molecule has 1 aliphatic heterocycles. The second kappa shape index (κ2) is 7.55. The molecule has 0 aliphatic carbocycles. The van der Waals surface area contributed by atoms with Gasteiger partial charge in [-0.3, -0.25) is 4.98 Å². The minimum absolute atomic E-state index is 0.459. The summed E-state index contributed by atoms with van der Waals surface area (Å²) in [6.07, 6.45) is 5.97. The number of anilines is 1. The quantitative estimate of drug-likeness (QED) is 0.860. The van der Waals surface area contributed by atoms with Gasteiger partial charge in [0.1, 0.15) is 5.82 Å². The lowest BCUT2D eigenvalue weighted by atomic mass is 10.00. The Morgan fingerprint density at radius 1 is 1.35 bits per heavy atom. The highest BCUT2D eigenvalue weighted by atomic mass is 16.5. The molecule has 1 aromatic heterocycles. The topological polar surface area (TPSA) is 50.3 Å². The lowest BCUT2D eigenvalue weighted by Crippen LogP contribution is -2.30. The average Bonchev–Trinajstić information content (AvgIpc) is 2.46. The molecule has 2 rings (SSSR count). The van der Waals surface area contributed by atoms with Gasteiger partial charge in [0.25, 0.3) is 0 Å². The van der Waals surface area contributed by atoms with Crippen molar-refractivity contribution in [3.63, 3.8) is 0 Å². The number of aromatic nitrogens is 2. The molecule has 1 aliphatic rings. The van der Waals surface area contributed by atoms with Gasteiger partial charge < -0.3 is 15.0 Å². The lowest BCUT2D eigenvalue weighted by Gasteiger charge is -2.27. The third-order valence-corrected chi connectivity index (χ3v) is 3.63. The van der Waals surface area contributed by atoms with Crippen LogP contribution in [0, 0.1) is 5.92 Å². The van der Waals surface area contributed by atoms with E-state index in [1.807, 2.05) is 12.4 Å². The van der Waals surface area contributed by atoms with Crippen molar-refractivity contribution in [2.45, 2.75) is 39.3 Å². The molecular formula is C15H26N4O. The Hall–Kier alpha value is -1.20. The molecule has 1 aromatic rings. The number of hydrogen-bond acceptors (Lipinski definition) is 5. The Kier molecular flexibility index (Phi) is 5.73. The van der Waals surface area contributed by atoms with E-state index in [2.05, 4.69) is 41.1 Å². The second-order valence-electron chi connectivity index (χ2n) is 5.84. The van der Waals surface area contributed by atoms with Crippen molar-refractivity contribution in [2.75, 3.05) is 31.7 Å². The van der Waals surface area contributed by atoms with Crippen LogP contribution in [-0.4, -0.2) is 42.8 Å². The van der Waals surface area contributed by atoms with E-state index in [0.717, 1.165) is 50.7 Å². The fourth-order valence-corrected chi connectivity index (χ4v) is 2.38. The standard InChI is InChI=1S/C15H26N4O/c1-12(2)17-9-14-8-16-10-15(18-14)19(3)11-13-4-6-20-7-5-13/h8,10,12-13,17H,4-7,9,11H2,1-3H3. The van der Waals surface area contributed by atoms with Crippen molar-refractivity contribution < 1.29 is 4.74 Å². The van der Waals surface area contributed by atoms with Crippen LogP contribution in [0.25, 0.3) is 0 Å². The van der Waals surface area contributed by atoms with Crippen LogP contribution in [-0.2, 0) is 11.3 Å². The van der Waals surface area contributed by atoms with Crippen LogP contribution in [0.15, 0.2) is 12.4 Å². The average molecular weight is 278 g/mol. The normalized spacial score (nSPS) is 16.6. The van der Waals surface area contributed by atoms with E-state index in [1.165, 1.54) is 0 Å². The molecule has 5 heteroatoms. The zero-order valence-electron chi connectivity index (χ0n) is 12.8. The van der Waals surface area contributed by atoms with Gasteiger partial charge in [-0.15, -0.1) is 0 Å². The van der Waals surface area contributed by atoms with E-state index in [4.69, 9.17) is 4.74 Å². The van der Waals surface area contributed by atoms with Crippen LogP contribution in [0.3, 0.4) is 0 Å². The third-order valence-electron chi connectivity index (χ3n) is 3.63. The summed E-state index contributed by atoms with van der Waals surface area (Å²) in [4.78, 5) is 11.2. The Morgan fingerprint density at radius 3 is 2.80 bits per heavy atom. The van der Waals surface area contributed by atoms with Gasteiger partial charge in [0.2, 0.25) is 0 Å². The van der Waals surface area contributed by atoms with Gasteiger partial charge in [0.15, 0.2) is 0 Å². The number of nitrogens with one attached hydrogen (secondary N) is 1. The van der Waals surface area contributed by atoms with Crippen molar-refractivity contribution in [3.8, 4) is 0 Å². The number of hydrogen-bond donors (Lipinski definition) is 1. The van der Waals surface area contributed by atoms with E-state index in [9.17, 15) is 0 Å². The maximum Gasteiger partial charge on any atom is 0.147 e. The summed E-state index contributed by atoms with van der Waals surface area (Å²) in [7, 11) is 2.10. The minimum atomic E-state index is 0.459. The molecule has 0 radical (unpaired) electrons. The SMILES string of the molecule is CC(C)NCc1cncc(N(C)CC2CCOCC2)n1. The van der Waals surface area contributed by atoms with Crippen LogP contribution in [0.4, 0.5) is 5.82 Å². The van der Waals surface area contributed by atoms with Crippen LogP contribution in [0.1, 0.15) is 32.4 Å². The molecule has 112 valence electrons. The van der Waals surface area contributed by atoms with E-state index in [1.54, 1.807) is 0 Å². The Balaban J connectivity index is 1.91. The fraction of sp³-hybridized carbons (Fsp3) is 0.733. The molecule has 0 atom stereocenters. The summed E-state index contributed by atoms with van der Waals surface area (Å²) in [6.45, 7) is 7.84. The molecular weight excluding hydrogens is 252 g/mol. The summed E-state index contributed by atoms with van der Waals surface area (Å²) in [6, 6.07) is 0.459. The highest BCUT2D eigenvalue weighted by Gasteiger charge is 2.16. The molecule has 1 N–H and O–H groups in total. The predicted molar refractivity (Wildman–Crippen MR) is 80.8 cm³/mol. The van der Waals surface area contributed by atoms with Crippen molar-refractivity contribution >= 4 is 5.82 Å². The Labute approximate surface area is 121 Å². The Bertz CT molecular complexity index is 405. The largest absolute Gasteiger partial charge is 0.381 e. The first-order valence-electron chi connectivity index (χ1n) is 7.48. The molecule has 0 bridgehead atoms. The third kappa shape index (κ3) is 4.72. The molecule has 0 amide bonds. The molecule has 0 unspecified atom stereocenters. The maximum absolute atomic E-state index is 5.41.